The molecule has 0 spiro atoms. The lowest BCUT2D eigenvalue weighted by molar-refractivity contribution is -0.130. The van der Waals surface area contributed by atoms with Crippen molar-refractivity contribution in [3.63, 3.8) is 0 Å². The first-order valence-electron chi connectivity index (χ1n) is 5.89. The summed E-state index contributed by atoms with van der Waals surface area (Å²) in [4.78, 5) is 15.9. The average molecular weight is 231 g/mol. The zero-order valence-electron chi connectivity index (χ0n) is 9.39. The van der Waals surface area contributed by atoms with Crippen LogP contribution in [-0.2, 0) is 9.53 Å². The minimum Gasteiger partial charge on any atom is -0.465 e. The Kier molecular flexibility index (Phi) is 2.55. The molecule has 17 heavy (non-hydrogen) atoms. The Balaban J connectivity index is 1.83. The van der Waals surface area contributed by atoms with E-state index in [0.717, 1.165) is 12.8 Å². The number of hydrogen-bond donors (Lipinski definition) is 0. The van der Waals surface area contributed by atoms with Crippen LogP contribution >= 0.6 is 0 Å². The lowest BCUT2D eigenvalue weighted by atomic mass is 10.1. The molecule has 0 aromatic carbocycles. The Bertz CT molecular complexity index is 479. The zero-order chi connectivity index (χ0) is 11.7. The molecule has 2 aliphatic rings. The van der Waals surface area contributed by atoms with Gasteiger partial charge in [0.15, 0.2) is 5.70 Å². The third-order valence-electron chi connectivity index (χ3n) is 3.16. The largest absolute Gasteiger partial charge is 0.465 e. The first-order chi connectivity index (χ1) is 8.33. The Morgan fingerprint density at radius 3 is 2.88 bits per heavy atom. The molecule has 0 saturated heterocycles. The molecule has 1 saturated carbocycles. The molecule has 1 aliphatic heterocycles. The van der Waals surface area contributed by atoms with Crippen molar-refractivity contribution >= 4 is 17.9 Å². The van der Waals surface area contributed by atoms with Gasteiger partial charge in [-0.1, -0.05) is 12.8 Å². The molecule has 0 N–H and O–H groups in total. The van der Waals surface area contributed by atoms with Gasteiger partial charge in [-0.15, -0.1) is 0 Å². The summed E-state index contributed by atoms with van der Waals surface area (Å²) >= 11 is 0. The van der Waals surface area contributed by atoms with E-state index in [1.807, 2.05) is 0 Å². The molecule has 2 heterocycles. The van der Waals surface area contributed by atoms with Gasteiger partial charge in [-0.3, -0.25) is 0 Å². The van der Waals surface area contributed by atoms with E-state index < -0.39 is 0 Å². The van der Waals surface area contributed by atoms with E-state index in [1.165, 1.54) is 12.8 Å². The highest BCUT2D eigenvalue weighted by molar-refractivity contribution is 6.07. The number of nitrogens with zero attached hydrogens (tertiary/aromatic N) is 1. The molecule has 1 aromatic heterocycles. The normalized spacial score (nSPS) is 23.2. The number of ether oxygens (including phenoxy) is 1. The fourth-order valence-electron chi connectivity index (χ4n) is 2.28. The van der Waals surface area contributed by atoms with E-state index in [-0.39, 0.29) is 5.97 Å². The molecular weight excluding hydrogens is 218 g/mol. The number of carbonyl (C=O) groups is 1. The van der Waals surface area contributed by atoms with Crippen LogP contribution in [0.4, 0.5) is 0 Å². The summed E-state index contributed by atoms with van der Waals surface area (Å²) in [7, 11) is 0. The van der Waals surface area contributed by atoms with Crippen molar-refractivity contribution < 1.29 is 13.9 Å². The number of hydrogen-bond acceptors (Lipinski definition) is 4. The van der Waals surface area contributed by atoms with E-state index >= 15 is 0 Å². The third kappa shape index (κ3) is 2.02. The van der Waals surface area contributed by atoms with E-state index in [2.05, 4.69) is 4.99 Å². The minimum atomic E-state index is -0.372. The van der Waals surface area contributed by atoms with Gasteiger partial charge in [-0.25, -0.2) is 9.79 Å². The number of rotatable bonds is 2. The molecule has 4 nitrogen and oxygen atoms in total. The van der Waals surface area contributed by atoms with Gasteiger partial charge in [0.25, 0.3) is 0 Å². The molecule has 1 fully saturated rings. The quantitative estimate of drug-likeness (QED) is 0.581. The van der Waals surface area contributed by atoms with Crippen molar-refractivity contribution in [1.29, 1.82) is 0 Å². The monoisotopic (exact) mass is 231 g/mol. The zero-order valence-corrected chi connectivity index (χ0v) is 9.39. The second-order valence-electron chi connectivity index (χ2n) is 4.37. The summed E-state index contributed by atoms with van der Waals surface area (Å²) in [5.74, 6) is 1.16. The highest BCUT2D eigenvalue weighted by Crippen LogP contribution is 2.30. The van der Waals surface area contributed by atoms with Gasteiger partial charge in [-0.05, 0) is 25.0 Å². The van der Waals surface area contributed by atoms with Crippen LogP contribution in [0.2, 0.25) is 0 Å². The van der Waals surface area contributed by atoms with Crippen LogP contribution in [0.15, 0.2) is 33.5 Å². The molecule has 1 aliphatic carbocycles. The first-order valence-corrected chi connectivity index (χ1v) is 5.89. The molecule has 88 valence electrons. The predicted molar refractivity (Wildman–Crippen MR) is 62.2 cm³/mol. The molecule has 0 amide bonds. The van der Waals surface area contributed by atoms with Crippen molar-refractivity contribution in [3.05, 3.63) is 29.9 Å². The van der Waals surface area contributed by atoms with Gasteiger partial charge >= 0.3 is 5.97 Å². The third-order valence-corrected chi connectivity index (χ3v) is 3.16. The maximum Gasteiger partial charge on any atom is 0.363 e. The molecule has 0 atom stereocenters. The average Bonchev–Trinajstić information content (AvgIpc) is 3.02. The van der Waals surface area contributed by atoms with E-state index in [0.29, 0.717) is 23.3 Å². The van der Waals surface area contributed by atoms with Crippen LogP contribution in [0.25, 0.3) is 6.08 Å². The highest BCUT2D eigenvalue weighted by Gasteiger charge is 2.31. The first kappa shape index (κ1) is 10.3. The van der Waals surface area contributed by atoms with Crippen LogP contribution in [0, 0.1) is 5.92 Å². The van der Waals surface area contributed by atoms with Gasteiger partial charge in [0, 0.05) is 12.0 Å². The summed E-state index contributed by atoms with van der Waals surface area (Å²) in [6, 6.07) is 3.55. The molecule has 3 rings (SSSR count). The van der Waals surface area contributed by atoms with Crippen LogP contribution in [0.1, 0.15) is 31.4 Å². The Hall–Kier alpha value is -1.84. The number of cyclic esters (lactones) is 1. The van der Waals surface area contributed by atoms with Gasteiger partial charge < -0.3 is 9.15 Å². The van der Waals surface area contributed by atoms with Crippen molar-refractivity contribution in [2.45, 2.75) is 25.7 Å². The maximum atomic E-state index is 11.6. The number of furan rings is 1. The molecule has 4 heteroatoms. The topological polar surface area (TPSA) is 51.8 Å². The Morgan fingerprint density at radius 2 is 2.18 bits per heavy atom. The summed E-state index contributed by atoms with van der Waals surface area (Å²) in [6.07, 6.45) is 7.70. The van der Waals surface area contributed by atoms with E-state index in [4.69, 9.17) is 9.15 Å². The van der Waals surface area contributed by atoms with Crippen molar-refractivity contribution in [3.8, 4) is 0 Å². The highest BCUT2D eigenvalue weighted by atomic mass is 16.6. The smallest absolute Gasteiger partial charge is 0.363 e. The van der Waals surface area contributed by atoms with Crippen molar-refractivity contribution in [2.24, 2.45) is 10.9 Å². The summed E-state index contributed by atoms with van der Waals surface area (Å²) in [5.41, 5.74) is 0.335. The van der Waals surface area contributed by atoms with Crippen LogP contribution < -0.4 is 0 Å². The fourth-order valence-corrected chi connectivity index (χ4v) is 2.28. The van der Waals surface area contributed by atoms with E-state index in [9.17, 15) is 4.79 Å². The molecule has 1 aromatic rings. The Morgan fingerprint density at radius 1 is 1.35 bits per heavy atom. The van der Waals surface area contributed by atoms with Gasteiger partial charge in [0.2, 0.25) is 5.90 Å². The van der Waals surface area contributed by atoms with Gasteiger partial charge in [-0.2, -0.15) is 0 Å². The lowest BCUT2D eigenvalue weighted by Crippen LogP contribution is -2.12. The number of carbonyl (C=O) groups excluding carboxylic acids is 1. The number of esters is 1. The molecule has 0 radical (unpaired) electrons. The SMILES string of the molecule is O=C1OC(C2CCCC2)=N/C1=C/c1ccco1. The van der Waals surface area contributed by atoms with Gasteiger partial charge in [0.05, 0.1) is 6.26 Å². The van der Waals surface area contributed by atoms with Crippen LogP contribution in [0.3, 0.4) is 0 Å². The lowest BCUT2D eigenvalue weighted by Gasteiger charge is -2.05. The summed E-state index contributed by atoms with van der Waals surface area (Å²) < 4.78 is 10.4. The van der Waals surface area contributed by atoms with Crippen LogP contribution in [-0.4, -0.2) is 11.9 Å². The molecular formula is C13H13NO3. The van der Waals surface area contributed by atoms with Crippen molar-refractivity contribution in [2.75, 3.05) is 0 Å². The maximum absolute atomic E-state index is 11.6. The van der Waals surface area contributed by atoms with E-state index in [1.54, 1.807) is 24.5 Å². The standard InChI is InChI=1S/C13H13NO3/c15-13-11(8-10-6-3-7-16-10)14-12(17-13)9-4-1-2-5-9/h3,6-9H,1-2,4-5H2/b11-8+. The van der Waals surface area contributed by atoms with Crippen molar-refractivity contribution in [1.82, 2.24) is 0 Å². The fraction of sp³-hybridized carbons (Fsp3) is 0.385. The second kappa shape index (κ2) is 4.20. The molecule has 0 bridgehead atoms. The van der Waals surface area contributed by atoms with Gasteiger partial charge in [0.1, 0.15) is 5.76 Å². The summed E-state index contributed by atoms with van der Waals surface area (Å²) in [5, 5.41) is 0. The predicted octanol–water partition coefficient (Wildman–Crippen LogP) is 2.77. The number of aliphatic imine (C=N–C) groups is 1. The Labute approximate surface area is 99.0 Å². The second-order valence-corrected chi connectivity index (χ2v) is 4.37. The van der Waals surface area contributed by atoms with Crippen LogP contribution in [0.5, 0.6) is 0 Å². The minimum absolute atomic E-state index is 0.321. The molecule has 0 unspecified atom stereocenters. The summed E-state index contributed by atoms with van der Waals surface area (Å²) in [6.45, 7) is 0.